The third-order valence-corrected chi connectivity index (χ3v) is 2.92. The van der Waals surface area contributed by atoms with E-state index in [4.69, 9.17) is 10.2 Å². The number of nitrogens with one attached hydrogen (secondary N) is 1. The van der Waals surface area contributed by atoms with Gasteiger partial charge in [0.25, 0.3) is 5.91 Å². The topological polar surface area (TPSA) is 86.6 Å². The molecule has 0 unspecified atom stereocenters. The Labute approximate surface area is 94.4 Å². The first-order chi connectivity index (χ1) is 7.64. The maximum atomic E-state index is 12.0. The second-order valence-electron chi connectivity index (χ2n) is 4.04. The first-order valence-electron chi connectivity index (χ1n) is 5.52. The number of aliphatic hydroxyl groups is 2. The van der Waals surface area contributed by atoms with Crippen molar-refractivity contribution in [1.82, 2.24) is 5.32 Å². The highest BCUT2D eigenvalue weighted by Gasteiger charge is 2.38. The summed E-state index contributed by atoms with van der Waals surface area (Å²) in [5.74, 6) is -0.270. The van der Waals surface area contributed by atoms with Crippen LogP contribution in [0.1, 0.15) is 12.8 Å². The highest BCUT2D eigenvalue weighted by atomic mass is 16.3. The van der Waals surface area contributed by atoms with Gasteiger partial charge >= 0.3 is 5.91 Å². The Morgan fingerprint density at radius 3 is 2.38 bits per heavy atom. The normalized spacial score (nSPS) is 21.1. The maximum Gasteiger partial charge on any atom is 0.314 e. The molecule has 0 aliphatic carbocycles. The lowest BCUT2D eigenvalue weighted by Gasteiger charge is -2.35. The van der Waals surface area contributed by atoms with Crippen LogP contribution < -0.4 is 5.32 Å². The van der Waals surface area contributed by atoms with E-state index >= 15 is 0 Å². The molecule has 2 amide bonds. The van der Waals surface area contributed by atoms with Crippen molar-refractivity contribution in [2.75, 3.05) is 39.4 Å². The van der Waals surface area contributed by atoms with Gasteiger partial charge in [-0.1, -0.05) is 0 Å². The van der Waals surface area contributed by atoms with Gasteiger partial charge in [-0.15, -0.1) is 0 Å². The molecular formula is C10H19N2O4+. The molecule has 3 N–H and O–H groups in total. The third kappa shape index (κ3) is 3.01. The number of quaternary nitrogens is 1. The quantitative estimate of drug-likeness (QED) is 0.499. The third-order valence-electron chi connectivity index (χ3n) is 2.92. The summed E-state index contributed by atoms with van der Waals surface area (Å²) in [6, 6.07) is 0. The Balaban J connectivity index is 2.87. The van der Waals surface area contributed by atoms with Crippen LogP contribution in [0, 0.1) is 0 Å². The summed E-state index contributed by atoms with van der Waals surface area (Å²) in [6.07, 6.45) is 0.988. The average Bonchev–Trinajstić information content (AvgIpc) is 2.23. The van der Waals surface area contributed by atoms with E-state index in [2.05, 4.69) is 5.32 Å². The van der Waals surface area contributed by atoms with E-state index in [0.717, 1.165) is 0 Å². The molecule has 1 rings (SSSR count). The zero-order valence-corrected chi connectivity index (χ0v) is 9.31. The van der Waals surface area contributed by atoms with Gasteiger partial charge in [0.2, 0.25) is 0 Å². The number of aliphatic hydroxyl groups excluding tert-OH is 2. The predicted octanol–water partition coefficient (Wildman–Crippen LogP) is -1.78. The highest BCUT2D eigenvalue weighted by Crippen LogP contribution is 2.12. The molecule has 6 heteroatoms. The summed E-state index contributed by atoms with van der Waals surface area (Å²) >= 11 is 0. The monoisotopic (exact) mass is 231 g/mol. The van der Waals surface area contributed by atoms with Gasteiger partial charge in [0, 0.05) is 6.54 Å². The van der Waals surface area contributed by atoms with Gasteiger partial charge in [-0.05, 0) is 6.42 Å². The molecule has 6 nitrogen and oxygen atoms in total. The van der Waals surface area contributed by atoms with Crippen LogP contribution >= 0.6 is 0 Å². The van der Waals surface area contributed by atoms with Crippen molar-refractivity contribution in [1.29, 1.82) is 0 Å². The summed E-state index contributed by atoms with van der Waals surface area (Å²) in [6.45, 7) is 0.570. The van der Waals surface area contributed by atoms with Crippen LogP contribution in [0.4, 0.5) is 0 Å². The standard InChI is InChI=1S/C10H18N2O4/c13-6-4-12(5-7-14)8-9(15)11-3-1-2-10(12)16/h13-14H,1-8H2/p+1. The Bertz CT molecular complexity index is 262. The van der Waals surface area contributed by atoms with Crippen molar-refractivity contribution in [3.05, 3.63) is 0 Å². The van der Waals surface area contributed by atoms with E-state index in [-0.39, 0.29) is 49.1 Å². The van der Waals surface area contributed by atoms with E-state index in [1.54, 1.807) is 0 Å². The molecule has 0 bridgehead atoms. The molecule has 0 aromatic rings. The van der Waals surface area contributed by atoms with Crippen LogP contribution in [0.2, 0.25) is 0 Å². The van der Waals surface area contributed by atoms with Crippen molar-refractivity contribution in [3.63, 3.8) is 0 Å². The Morgan fingerprint density at radius 2 is 1.81 bits per heavy atom. The lowest BCUT2D eigenvalue weighted by atomic mass is 10.2. The fraction of sp³-hybridized carbons (Fsp3) is 0.800. The van der Waals surface area contributed by atoms with Crippen molar-refractivity contribution >= 4 is 11.8 Å². The fourth-order valence-corrected chi connectivity index (χ4v) is 2.03. The molecule has 0 atom stereocenters. The number of carbonyl (C=O) groups is 2. The molecule has 1 fully saturated rings. The van der Waals surface area contributed by atoms with Crippen molar-refractivity contribution in [2.24, 2.45) is 0 Å². The van der Waals surface area contributed by atoms with Gasteiger partial charge in [-0.2, -0.15) is 0 Å². The SMILES string of the molecule is O=C1C[N+](CCO)(CCO)C(=O)CCCN1. The number of amides is 2. The molecule has 1 heterocycles. The highest BCUT2D eigenvalue weighted by molar-refractivity contribution is 5.81. The van der Waals surface area contributed by atoms with E-state index in [1.165, 1.54) is 0 Å². The molecule has 16 heavy (non-hydrogen) atoms. The Hall–Kier alpha value is -0.980. The number of nitrogens with zero attached hydrogens (tertiary/aromatic N) is 1. The van der Waals surface area contributed by atoms with Crippen LogP contribution in [-0.2, 0) is 9.59 Å². The number of hydrogen-bond donors (Lipinski definition) is 3. The van der Waals surface area contributed by atoms with Gasteiger partial charge in [-0.25, -0.2) is 9.28 Å². The first-order valence-corrected chi connectivity index (χ1v) is 5.52. The van der Waals surface area contributed by atoms with Gasteiger partial charge in [0.05, 0.1) is 19.6 Å². The lowest BCUT2D eigenvalue weighted by molar-refractivity contribution is -0.848. The summed E-state index contributed by atoms with van der Waals surface area (Å²) in [5, 5.41) is 20.7. The molecular weight excluding hydrogens is 212 g/mol. The van der Waals surface area contributed by atoms with E-state index < -0.39 is 0 Å². The minimum atomic E-state index is -0.199. The van der Waals surface area contributed by atoms with E-state index in [1.807, 2.05) is 0 Å². The zero-order chi connectivity index (χ0) is 12.0. The smallest absolute Gasteiger partial charge is 0.314 e. The van der Waals surface area contributed by atoms with Crippen molar-refractivity contribution in [3.8, 4) is 0 Å². The molecule has 0 radical (unpaired) electrons. The van der Waals surface area contributed by atoms with E-state index in [9.17, 15) is 9.59 Å². The second kappa shape index (κ2) is 5.93. The summed E-state index contributed by atoms with van der Waals surface area (Å²) in [4.78, 5) is 23.5. The zero-order valence-electron chi connectivity index (χ0n) is 9.31. The predicted molar refractivity (Wildman–Crippen MR) is 56.3 cm³/mol. The van der Waals surface area contributed by atoms with Crippen LogP contribution in [0.15, 0.2) is 0 Å². The molecule has 1 saturated heterocycles. The molecule has 0 spiro atoms. The van der Waals surface area contributed by atoms with Gasteiger partial charge in [-0.3, -0.25) is 4.79 Å². The molecule has 1 aliphatic rings. The summed E-state index contributed by atoms with van der Waals surface area (Å²) < 4.78 is -0.140. The fourth-order valence-electron chi connectivity index (χ4n) is 2.03. The molecule has 92 valence electrons. The molecule has 0 aromatic heterocycles. The number of rotatable bonds is 4. The molecule has 1 aliphatic heterocycles. The maximum absolute atomic E-state index is 12.0. The van der Waals surface area contributed by atoms with Crippen LogP contribution in [-0.4, -0.2) is 65.9 Å². The lowest BCUT2D eigenvalue weighted by Crippen LogP contribution is -2.60. The second-order valence-corrected chi connectivity index (χ2v) is 4.04. The van der Waals surface area contributed by atoms with Gasteiger partial charge < -0.3 is 15.5 Å². The van der Waals surface area contributed by atoms with Crippen LogP contribution in [0.25, 0.3) is 0 Å². The van der Waals surface area contributed by atoms with E-state index in [0.29, 0.717) is 19.4 Å². The average molecular weight is 231 g/mol. The molecule has 0 aromatic carbocycles. The summed E-state index contributed by atoms with van der Waals surface area (Å²) in [5.41, 5.74) is 0. The van der Waals surface area contributed by atoms with Crippen LogP contribution in [0.3, 0.4) is 0 Å². The minimum absolute atomic E-state index is 0.0138. The Morgan fingerprint density at radius 1 is 1.19 bits per heavy atom. The van der Waals surface area contributed by atoms with Gasteiger partial charge in [0.15, 0.2) is 6.54 Å². The Kier molecular flexibility index (Phi) is 4.85. The number of hydrogen-bond acceptors (Lipinski definition) is 4. The molecule has 0 saturated carbocycles. The minimum Gasteiger partial charge on any atom is -0.390 e. The first kappa shape index (κ1) is 13.1. The summed E-state index contributed by atoms with van der Waals surface area (Å²) in [7, 11) is 0. The van der Waals surface area contributed by atoms with Crippen LogP contribution in [0.5, 0.6) is 0 Å². The van der Waals surface area contributed by atoms with Crippen molar-refractivity contribution in [2.45, 2.75) is 12.8 Å². The van der Waals surface area contributed by atoms with Crippen molar-refractivity contribution < 1.29 is 24.3 Å². The van der Waals surface area contributed by atoms with Gasteiger partial charge in [0.1, 0.15) is 13.1 Å². The number of carbonyl (C=O) groups excluding carboxylic acids is 2. The largest absolute Gasteiger partial charge is 0.390 e.